The van der Waals surface area contributed by atoms with Crippen molar-refractivity contribution in [2.24, 2.45) is 0 Å². The molecule has 0 aromatic heterocycles. The largest absolute Gasteiger partial charge is 0.484 e. The van der Waals surface area contributed by atoms with Crippen molar-refractivity contribution in [3.8, 4) is 5.75 Å². The fraction of sp³-hybridized carbons (Fsp3) is 0.0400. The first kappa shape index (κ1) is 25.2. The summed E-state index contributed by atoms with van der Waals surface area (Å²) in [4.78, 5) is 50.5. The Balaban J connectivity index is 1.42. The van der Waals surface area contributed by atoms with Crippen molar-refractivity contribution in [2.45, 2.75) is 0 Å². The molecule has 2 N–H and O–H groups in total. The Bertz CT molecular complexity index is 1410. The van der Waals surface area contributed by atoms with Gasteiger partial charge in [0.1, 0.15) is 11.3 Å². The van der Waals surface area contributed by atoms with E-state index in [0.717, 1.165) is 4.90 Å². The van der Waals surface area contributed by atoms with Crippen LogP contribution in [0.15, 0.2) is 72.3 Å². The van der Waals surface area contributed by atoms with E-state index in [1.165, 1.54) is 24.3 Å². The maximum atomic E-state index is 12.9. The zero-order valence-corrected chi connectivity index (χ0v) is 20.5. The Morgan fingerprint density at radius 2 is 1.69 bits per heavy atom. The second kappa shape index (κ2) is 10.8. The first-order valence-corrected chi connectivity index (χ1v) is 11.5. The number of carbonyl (C=O) groups is 4. The van der Waals surface area contributed by atoms with Gasteiger partial charge in [0.05, 0.1) is 15.7 Å². The summed E-state index contributed by atoms with van der Waals surface area (Å²) in [7, 11) is 0. The Morgan fingerprint density at radius 3 is 2.39 bits per heavy atom. The Kier molecular flexibility index (Phi) is 7.59. The lowest BCUT2D eigenvalue weighted by Crippen LogP contribution is -2.54. The summed E-state index contributed by atoms with van der Waals surface area (Å²) in [5, 5.41) is 5.80. The van der Waals surface area contributed by atoms with Gasteiger partial charge in [-0.3, -0.25) is 19.7 Å². The van der Waals surface area contributed by atoms with Crippen molar-refractivity contribution in [2.75, 3.05) is 16.8 Å². The molecule has 0 spiro atoms. The summed E-state index contributed by atoms with van der Waals surface area (Å²) >= 11 is 17.8. The number of carbonyl (C=O) groups excluding carboxylic acids is 4. The quantitative estimate of drug-likeness (QED) is 0.322. The van der Waals surface area contributed by atoms with E-state index in [-0.39, 0.29) is 17.9 Å². The molecule has 0 atom stereocenters. The highest BCUT2D eigenvalue weighted by atomic mass is 35.5. The highest BCUT2D eigenvalue weighted by molar-refractivity contribution is 6.42. The van der Waals surface area contributed by atoms with Gasteiger partial charge in [-0.25, -0.2) is 9.69 Å². The van der Waals surface area contributed by atoms with Gasteiger partial charge in [0, 0.05) is 10.7 Å². The number of ether oxygens (including phenoxy) is 1. The van der Waals surface area contributed by atoms with Gasteiger partial charge in [-0.15, -0.1) is 0 Å². The van der Waals surface area contributed by atoms with Gasteiger partial charge in [-0.1, -0.05) is 53.0 Å². The van der Waals surface area contributed by atoms with E-state index in [2.05, 4.69) is 10.6 Å². The third-order valence-electron chi connectivity index (χ3n) is 4.93. The number of hydrogen-bond donors (Lipinski definition) is 2. The molecule has 11 heteroatoms. The summed E-state index contributed by atoms with van der Waals surface area (Å²) in [6.45, 7) is -0.266. The van der Waals surface area contributed by atoms with Crippen LogP contribution in [-0.2, 0) is 14.4 Å². The number of hydrogen-bond acceptors (Lipinski definition) is 5. The van der Waals surface area contributed by atoms with Crippen molar-refractivity contribution in [1.82, 2.24) is 5.32 Å². The van der Waals surface area contributed by atoms with Crippen LogP contribution in [0.2, 0.25) is 15.1 Å². The zero-order chi connectivity index (χ0) is 25.8. The Morgan fingerprint density at radius 1 is 0.944 bits per heavy atom. The topological polar surface area (TPSA) is 105 Å². The van der Waals surface area contributed by atoms with E-state index in [0.29, 0.717) is 32.1 Å². The van der Waals surface area contributed by atoms with Gasteiger partial charge in [0.15, 0.2) is 6.61 Å². The Hall–Kier alpha value is -3.85. The van der Waals surface area contributed by atoms with Gasteiger partial charge in [0.2, 0.25) is 0 Å². The lowest BCUT2D eigenvalue weighted by Gasteiger charge is -2.26. The van der Waals surface area contributed by atoms with Crippen LogP contribution in [0.5, 0.6) is 5.75 Å². The molecule has 1 saturated heterocycles. The maximum absolute atomic E-state index is 12.9. The van der Waals surface area contributed by atoms with Crippen molar-refractivity contribution >= 4 is 76.0 Å². The number of amides is 5. The molecule has 36 heavy (non-hydrogen) atoms. The minimum absolute atomic E-state index is 0.228. The minimum atomic E-state index is -0.868. The summed E-state index contributed by atoms with van der Waals surface area (Å²) in [6, 6.07) is 16.3. The van der Waals surface area contributed by atoms with Gasteiger partial charge in [-0.2, -0.15) is 0 Å². The van der Waals surface area contributed by atoms with E-state index < -0.39 is 23.8 Å². The molecular weight excluding hydrogens is 529 g/mol. The van der Waals surface area contributed by atoms with E-state index in [4.69, 9.17) is 39.5 Å². The minimum Gasteiger partial charge on any atom is -0.484 e. The monoisotopic (exact) mass is 543 g/mol. The number of anilines is 2. The standard InChI is InChI=1S/C25H16Cl3N3O5/c26-15-2-1-3-17(11-15)31-24(34)19(23(33)30-25(31)35)10-14-4-7-18(8-5-14)36-13-22(32)29-16-6-9-20(27)21(28)12-16/h1-12H,13H2,(H,29,32)(H,30,33,35)/b19-10+. The fourth-order valence-corrected chi connectivity index (χ4v) is 3.74. The van der Waals surface area contributed by atoms with Crippen LogP contribution in [0.4, 0.5) is 16.2 Å². The summed E-state index contributed by atoms with van der Waals surface area (Å²) in [5.41, 5.74) is 0.970. The molecule has 3 aromatic carbocycles. The predicted molar refractivity (Wildman–Crippen MR) is 137 cm³/mol. The smallest absolute Gasteiger partial charge is 0.335 e. The number of imide groups is 2. The van der Waals surface area contributed by atoms with Gasteiger partial charge in [0.25, 0.3) is 17.7 Å². The lowest BCUT2D eigenvalue weighted by molar-refractivity contribution is -0.122. The third-order valence-corrected chi connectivity index (χ3v) is 5.91. The maximum Gasteiger partial charge on any atom is 0.335 e. The van der Waals surface area contributed by atoms with Crippen LogP contribution in [-0.4, -0.2) is 30.4 Å². The van der Waals surface area contributed by atoms with Crippen molar-refractivity contribution in [1.29, 1.82) is 0 Å². The van der Waals surface area contributed by atoms with Gasteiger partial charge in [-0.05, 0) is 60.2 Å². The van der Waals surface area contributed by atoms with Crippen LogP contribution < -0.4 is 20.3 Å². The molecule has 1 fully saturated rings. The van der Waals surface area contributed by atoms with Gasteiger partial charge < -0.3 is 10.1 Å². The number of nitrogens with zero attached hydrogens (tertiary/aromatic N) is 1. The zero-order valence-electron chi connectivity index (χ0n) is 18.3. The van der Waals surface area contributed by atoms with Gasteiger partial charge >= 0.3 is 6.03 Å². The molecule has 0 unspecified atom stereocenters. The molecular formula is C25H16Cl3N3O5. The van der Waals surface area contributed by atoms with E-state index >= 15 is 0 Å². The normalized spacial score (nSPS) is 14.6. The summed E-state index contributed by atoms with van der Waals surface area (Å²) in [6.07, 6.45) is 1.35. The predicted octanol–water partition coefficient (Wildman–Crippen LogP) is 5.33. The van der Waals surface area contributed by atoms with Crippen molar-refractivity contribution in [3.05, 3.63) is 92.9 Å². The van der Waals surface area contributed by atoms with E-state index in [1.807, 2.05) is 0 Å². The average Bonchev–Trinajstić information content (AvgIpc) is 2.83. The van der Waals surface area contributed by atoms with E-state index in [9.17, 15) is 19.2 Å². The first-order chi connectivity index (χ1) is 17.2. The lowest BCUT2D eigenvalue weighted by atomic mass is 10.1. The van der Waals surface area contributed by atoms with Crippen molar-refractivity contribution < 1.29 is 23.9 Å². The van der Waals surface area contributed by atoms with Crippen LogP contribution in [0.25, 0.3) is 6.08 Å². The van der Waals surface area contributed by atoms with Crippen LogP contribution >= 0.6 is 34.8 Å². The molecule has 1 aliphatic rings. The number of barbiturate groups is 1. The van der Waals surface area contributed by atoms with Crippen LogP contribution in [0.3, 0.4) is 0 Å². The van der Waals surface area contributed by atoms with Crippen LogP contribution in [0, 0.1) is 0 Å². The first-order valence-electron chi connectivity index (χ1n) is 10.4. The number of halogens is 3. The molecule has 8 nitrogen and oxygen atoms in total. The average molecular weight is 545 g/mol. The number of urea groups is 1. The number of benzene rings is 3. The second-order valence-electron chi connectivity index (χ2n) is 7.47. The molecule has 0 bridgehead atoms. The molecule has 182 valence electrons. The molecule has 0 radical (unpaired) electrons. The SMILES string of the molecule is O=C(COc1ccc(/C=C2\C(=O)NC(=O)N(c3cccc(Cl)c3)C2=O)cc1)Nc1ccc(Cl)c(Cl)c1. The van der Waals surface area contributed by atoms with E-state index in [1.54, 1.807) is 48.5 Å². The second-order valence-corrected chi connectivity index (χ2v) is 8.72. The number of nitrogens with one attached hydrogen (secondary N) is 2. The summed E-state index contributed by atoms with van der Waals surface area (Å²) in [5.74, 6) is -1.63. The summed E-state index contributed by atoms with van der Waals surface area (Å²) < 4.78 is 5.48. The fourth-order valence-electron chi connectivity index (χ4n) is 3.25. The highest BCUT2D eigenvalue weighted by Gasteiger charge is 2.36. The van der Waals surface area contributed by atoms with Crippen molar-refractivity contribution in [3.63, 3.8) is 0 Å². The van der Waals surface area contributed by atoms with Crippen LogP contribution in [0.1, 0.15) is 5.56 Å². The molecule has 0 saturated carbocycles. The Labute approximate surface area is 220 Å². The molecule has 5 amide bonds. The number of rotatable bonds is 6. The molecule has 4 rings (SSSR count). The molecule has 1 aliphatic heterocycles. The molecule has 3 aromatic rings. The molecule has 0 aliphatic carbocycles. The highest BCUT2D eigenvalue weighted by Crippen LogP contribution is 2.26. The third kappa shape index (κ3) is 5.85. The molecule has 1 heterocycles.